The first-order chi connectivity index (χ1) is 7.74. The second-order valence-electron chi connectivity index (χ2n) is 5.06. The van der Waals surface area contributed by atoms with Crippen LogP contribution >= 0.6 is 0 Å². The molecule has 1 aliphatic carbocycles. The molecule has 90 valence electrons. The van der Waals surface area contributed by atoms with E-state index in [-0.39, 0.29) is 11.9 Å². The van der Waals surface area contributed by atoms with E-state index in [0.29, 0.717) is 12.5 Å². The minimum Gasteiger partial charge on any atom is -0.338 e. The van der Waals surface area contributed by atoms with Crippen LogP contribution in [0, 0.1) is 5.92 Å². The van der Waals surface area contributed by atoms with Crippen molar-refractivity contribution >= 4 is 5.91 Å². The van der Waals surface area contributed by atoms with Crippen LogP contribution in [0.25, 0.3) is 0 Å². The van der Waals surface area contributed by atoms with E-state index < -0.39 is 0 Å². The summed E-state index contributed by atoms with van der Waals surface area (Å²) in [5.41, 5.74) is 5.88. The summed E-state index contributed by atoms with van der Waals surface area (Å²) < 4.78 is 0. The highest BCUT2D eigenvalue weighted by molar-refractivity contribution is 5.82. The minimum absolute atomic E-state index is 0.136. The number of carbonyl (C=O) groups is 1. The normalized spacial score (nSPS) is 30.9. The molecule has 2 aliphatic rings. The highest BCUT2D eigenvalue weighted by Crippen LogP contribution is 2.36. The Balaban J connectivity index is 2.01. The fourth-order valence-corrected chi connectivity index (χ4v) is 3.22. The predicted molar refractivity (Wildman–Crippen MR) is 64.9 cm³/mol. The summed E-state index contributed by atoms with van der Waals surface area (Å²) >= 11 is 0. The van der Waals surface area contributed by atoms with Gasteiger partial charge in [0.1, 0.15) is 0 Å². The molecular weight excluding hydrogens is 200 g/mol. The number of amides is 1. The zero-order valence-corrected chi connectivity index (χ0v) is 9.90. The number of piperidine rings is 1. The summed E-state index contributed by atoms with van der Waals surface area (Å²) in [7, 11) is 0. The van der Waals surface area contributed by atoms with Gasteiger partial charge in [-0.1, -0.05) is 12.5 Å². The lowest BCUT2D eigenvalue weighted by Gasteiger charge is -2.39. The fraction of sp³-hybridized carbons (Fsp3) is 0.769. The van der Waals surface area contributed by atoms with E-state index in [2.05, 4.69) is 11.5 Å². The molecular formula is C13H22N2O. The monoisotopic (exact) mass is 222 g/mol. The van der Waals surface area contributed by atoms with Crippen LogP contribution in [0.3, 0.4) is 0 Å². The van der Waals surface area contributed by atoms with Crippen molar-refractivity contribution in [2.45, 2.75) is 50.6 Å². The Morgan fingerprint density at radius 3 is 2.94 bits per heavy atom. The van der Waals surface area contributed by atoms with Gasteiger partial charge >= 0.3 is 0 Å². The van der Waals surface area contributed by atoms with Gasteiger partial charge in [0.15, 0.2) is 0 Å². The zero-order chi connectivity index (χ0) is 11.5. The first-order valence-electron chi connectivity index (χ1n) is 6.41. The molecule has 1 heterocycles. The third kappa shape index (κ3) is 2.14. The molecule has 1 saturated carbocycles. The van der Waals surface area contributed by atoms with Crippen LogP contribution in [0.15, 0.2) is 12.7 Å². The van der Waals surface area contributed by atoms with Gasteiger partial charge < -0.3 is 10.6 Å². The summed E-state index contributed by atoms with van der Waals surface area (Å²) in [5, 5.41) is 0. The van der Waals surface area contributed by atoms with E-state index in [0.717, 1.165) is 18.9 Å². The third-order valence-corrected chi connectivity index (χ3v) is 4.01. The van der Waals surface area contributed by atoms with Gasteiger partial charge in [0, 0.05) is 12.6 Å². The largest absolute Gasteiger partial charge is 0.338 e. The molecule has 3 atom stereocenters. The molecule has 2 N–H and O–H groups in total. The van der Waals surface area contributed by atoms with Gasteiger partial charge in [-0.15, -0.1) is 6.58 Å². The number of likely N-dealkylation sites (tertiary alicyclic amines) is 1. The number of rotatable bonds is 3. The Hall–Kier alpha value is -0.830. The van der Waals surface area contributed by atoms with Gasteiger partial charge in [-0.05, 0) is 38.0 Å². The molecule has 2 fully saturated rings. The second kappa shape index (κ2) is 5.00. The van der Waals surface area contributed by atoms with Crippen LogP contribution in [0.4, 0.5) is 0 Å². The molecule has 0 aromatic heterocycles. The first kappa shape index (κ1) is 11.6. The molecule has 0 aromatic carbocycles. The smallest absolute Gasteiger partial charge is 0.240 e. The van der Waals surface area contributed by atoms with Crippen molar-refractivity contribution in [2.24, 2.45) is 11.7 Å². The molecule has 2 rings (SSSR count). The standard InChI is InChI=1S/C13H22N2O/c1-2-5-11(14)13(16)15-9-4-7-10-6-3-8-12(10)15/h2,10-12H,1,3-9,14H2. The van der Waals surface area contributed by atoms with Crippen LogP contribution in [0.5, 0.6) is 0 Å². The van der Waals surface area contributed by atoms with Crippen molar-refractivity contribution in [3.63, 3.8) is 0 Å². The summed E-state index contributed by atoms with van der Waals surface area (Å²) in [5.74, 6) is 0.880. The number of hydrogen-bond donors (Lipinski definition) is 1. The van der Waals surface area contributed by atoms with E-state index in [1.54, 1.807) is 6.08 Å². The number of nitrogens with two attached hydrogens (primary N) is 1. The van der Waals surface area contributed by atoms with Gasteiger partial charge in [0.2, 0.25) is 5.91 Å². The Kier molecular flexibility index (Phi) is 3.64. The van der Waals surface area contributed by atoms with Crippen molar-refractivity contribution < 1.29 is 4.79 Å². The van der Waals surface area contributed by atoms with Gasteiger partial charge in [-0.25, -0.2) is 0 Å². The number of carbonyl (C=O) groups excluding carboxylic acids is 1. The lowest BCUT2D eigenvalue weighted by Crippen LogP contribution is -2.52. The summed E-state index contributed by atoms with van der Waals surface area (Å²) in [4.78, 5) is 14.2. The van der Waals surface area contributed by atoms with Gasteiger partial charge in [0.05, 0.1) is 6.04 Å². The quantitative estimate of drug-likeness (QED) is 0.738. The molecule has 1 aliphatic heterocycles. The van der Waals surface area contributed by atoms with Crippen molar-refractivity contribution in [1.82, 2.24) is 4.90 Å². The van der Waals surface area contributed by atoms with Crippen molar-refractivity contribution in [2.75, 3.05) is 6.54 Å². The summed E-state index contributed by atoms with van der Waals surface area (Å²) in [6.07, 6.45) is 8.52. The molecule has 3 nitrogen and oxygen atoms in total. The number of hydrogen-bond acceptors (Lipinski definition) is 2. The molecule has 0 radical (unpaired) electrons. The Bertz CT molecular complexity index is 277. The molecule has 3 unspecified atom stereocenters. The van der Waals surface area contributed by atoms with E-state index in [1.165, 1.54) is 25.7 Å². The minimum atomic E-state index is -0.378. The summed E-state index contributed by atoms with van der Waals surface area (Å²) in [6.45, 7) is 4.55. The van der Waals surface area contributed by atoms with Crippen LogP contribution < -0.4 is 5.73 Å². The highest BCUT2D eigenvalue weighted by Gasteiger charge is 2.38. The lowest BCUT2D eigenvalue weighted by atomic mass is 9.91. The van der Waals surface area contributed by atoms with Crippen molar-refractivity contribution in [3.05, 3.63) is 12.7 Å². The average Bonchev–Trinajstić information content (AvgIpc) is 2.76. The fourth-order valence-electron chi connectivity index (χ4n) is 3.22. The Morgan fingerprint density at radius 1 is 1.44 bits per heavy atom. The van der Waals surface area contributed by atoms with E-state index >= 15 is 0 Å². The lowest BCUT2D eigenvalue weighted by molar-refractivity contribution is -0.137. The SMILES string of the molecule is C=CCC(N)C(=O)N1CCCC2CCCC21. The molecule has 0 spiro atoms. The molecule has 0 aromatic rings. The second-order valence-corrected chi connectivity index (χ2v) is 5.06. The number of fused-ring (bicyclic) bond motifs is 1. The van der Waals surface area contributed by atoms with Gasteiger partial charge in [-0.2, -0.15) is 0 Å². The van der Waals surface area contributed by atoms with Crippen molar-refractivity contribution in [1.29, 1.82) is 0 Å². The Morgan fingerprint density at radius 2 is 2.19 bits per heavy atom. The first-order valence-corrected chi connectivity index (χ1v) is 6.41. The summed E-state index contributed by atoms with van der Waals surface area (Å²) in [6, 6.07) is 0.106. The maximum atomic E-state index is 12.2. The third-order valence-electron chi connectivity index (χ3n) is 4.01. The maximum Gasteiger partial charge on any atom is 0.240 e. The van der Waals surface area contributed by atoms with Crippen LogP contribution in [-0.2, 0) is 4.79 Å². The molecule has 3 heteroatoms. The van der Waals surface area contributed by atoms with Crippen LogP contribution in [0.1, 0.15) is 38.5 Å². The molecule has 0 bridgehead atoms. The maximum absolute atomic E-state index is 12.2. The molecule has 16 heavy (non-hydrogen) atoms. The Labute approximate surface area is 97.7 Å². The van der Waals surface area contributed by atoms with Gasteiger partial charge in [-0.3, -0.25) is 4.79 Å². The molecule has 1 saturated heterocycles. The zero-order valence-electron chi connectivity index (χ0n) is 9.90. The average molecular weight is 222 g/mol. The van der Waals surface area contributed by atoms with Crippen molar-refractivity contribution in [3.8, 4) is 0 Å². The van der Waals surface area contributed by atoms with E-state index in [4.69, 9.17) is 5.73 Å². The van der Waals surface area contributed by atoms with Gasteiger partial charge in [0.25, 0.3) is 0 Å². The van der Waals surface area contributed by atoms with Crippen LogP contribution in [-0.4, -0.2) is 29.4 Å². The number of nitrogens with zero attached hydrogens (tertiary/aromatic N) is 1. The topological polar surface area (TPSA) is 46.3 Å². The van der Waals surface area contributed by atoms with Crippen LogP contribution in [0.2, 0.25) is 0 Å². The van der Waals surface area contributed by atoms with E-state index in [9.17, 15) is 4.79 Å². The molecule has 1 amide bonds. The highest BCUT2D eigenvalue weighted by atomic mass is 16.2. The van der Waals surface area contributed by atoms with E-state index in [1.807, 2.05) is 0 Å². The predicted octanol–water partition coefficient (Wildman–Crippen LogP) is 1.68.